The van der Waals surface area contributed by atoms with Crippen LogP contribution >= 0.6 is 0 Å². The Morgan fingerprint density at radius 3 is 2.52 bits per heavy atom. The van der Waals surface area contributed by atoms with E-state index in [9.17, 15) is 0 Å². The number of hydrogen-bond donors (Lipinski definition) is 1. The number of fused-ring (bicyclic) bond motifs is 1. The van der Waals surface area contributed by atoms with Crippen LogP contribution in [0.1, 0.15) is 63.5 Å². The maximum Gasteiger partial charge on any atom is 0.0164 e. The predicted molar refractivity (Wildman–Crippen MR) is 90.6 cm³/mol. The molecule has 1 N–H and O–H groups in total. The molecule has 3 rings (SSSR count). The van der Waals surface area contributed by atoms with Gasteiger partial charge in [0.1, 0.15) is 0 Å². The van der Waals surface area contributed by atoms with Crippen LogP contribution in [0.2, 0.25) is 0 Å². The van der Waals surface area contributed by atoms with Gasteiger partial charge < -0.3 is 5.32 Å². The van der Waals surface area contributed by atoms with Crippen molar-refractivity contribution < 1.29 is 0 Å². The van der Waals surface area contributed by atoms with E-state index in [0.29, 0.717) is 6.04 Å². The van der Waals surface area contributed by atoms with E-state index < -0.39 is 0 Å². The van der Waals surface area contributed by atoms with Crippen LogP contribution < -0.4 is 5.32 Å². The molecule has 0 radical (unpaired) electrons. The third-order valence-corrected chi connectivity index (χ3v) is 5.78. The van der Waals surface area contributed by atoms with Crippen molar-refractivity contribution in [2.24, 2.45) is 17.8 Å². The molecule has 21 heavy (non-hydrogen) atoms. The fourth-order valence-corrected chi connectivity index (χ4v) is 5.14. The highest BCUT2D eigenvalue weighted by atomic mass is 14.9. The van der Waals surface area contributed by atoms with Crippen molar-refractivity contribution in [1.82, 2.24) is 5.32 Å². The number of likely N-dealkylation sites (N-methyl/N-ethyl adjacent to an activating group) is 1. The summed E-state index contributed by atoms with van der Waals surface area (Å²) in [6.07, 6.45) is 6.88. The molecule has 1 aromatic carbocycles. The average molecular weight is 285 g/mol. The summed E-state index contributed by atoms with van der Waals surface area (Å²) in [6.45, 7) is 8.27. The molecule has 4 atom stereocenters. The third kappa shape index (κ3) is 3.18. The van der Waals surface area contributed by atoms with Gasteiger partial charge in [-0.15, -0.1) is 0 Å². The molecule has 1 fully saturated rings. The van der Waals surface area contributed by atoms with E-state index in [4.69, 9.17) is 0 Å². The van der Waals surface area contributed by atoms with Crippen LogP contribution in [0.3, 0.4) is 0 Å². The highest BCUT2D eigenvalue weighted by molar-refractivity contribution is 5.36. The largest absolute Gasteiger partial charge is 0.313 e. The first kappa shape index (κ1) is 15.1. The summed E-state index contributed by atoms with van der Waals surface area (Å²) in [6, 6.07) is 9.83. The van der Waals surface area contributed by atoms with E-state index in [1.54, 1.807) is 11.1 Å². The number of aryl methyl sites for hydroxylation is 1. The molecule has 1 nitrogen and oxygen atoms in total. The molecule has 0 spiro atoms. The van der Waals surface area contributed by atoms with Gasteiger partial charge in [-0.2, -0.15) is 0 Å². The highest BCUT2D eigenvalue weighted by Gasteiger charge is 2.37. The first-order valence-corrected chi connectivity index (χ1v) is 9.00. The van der Waals surface area contributed by atoms with Crippen LogP contribution in [0.15, 0.2) is 24.3 Å². The Morgan fingerprint density at radius 1 is 1.10 bits per heavy atom. The minimum atomic E-state index is 0.684. The quantitative estimate of drug-likeness (QED) is 0.840. The molecule has 0 aromatic heterocycles. The SMILES string of the molecule is CCNC(C1CC(C)CC(C)C1)C1CCc2ccccc21. The molecular formula is C20H31N. The zero-order valence-corrected chi connectivity index (χ0v) is 13.9. The molecule has 4 unspecified atom stereocenters. The number of nitrogens with one attached hydrogen (secondary N) is 1. The van der Waals surface area contributed by atoms with Crippen molar-refractivity contribution in [2.75, 3.05) is 6.54 Å². The number of benzene rings is 1. The smallest absolute Gasteiger partial charge is 0.0164 e. The van der Waals surface area contributed by atoms with Gasteiger partial charge in [0.15, 0.2) is 0 Å². The molecule has 0 heterocycles. The molecule has 116 valence electrons. The van der Waals surface area contributed by atoms with Crippen molar-refractivity contribution in [3.8, 4) is 0 Å². The molecular weight excluding hydrogens is 254 g/mol. The summed E-state index contributed by atoms with van der Waals surface area (Å²) in [7, 11) is 0. The lowest BCUT2D eigenvalue weighted by molar-refractivity contribution is 0.162. The van der Waals surface area contributed by atoms with Crippen molar-refractivity contribution in [2.45, 2.75) is 64.8 Å². The maximum absolute atomic E-state index is 3.88. The van der Waals surface area contributed by atoms with E-state index in [-0.39, 0.29) is 0 Å². The van der Waals surface area contributed by atoms with Gasteiger partial charge in [-0.05, 0) is 67.5 Å². The molecule has 1 saturated carbocycles. The fraction of sp³-hybridized carbons (Fsp3) is 0.700. The summed E-state index contributed by atoms with van der Waals surface area (Å²) in [5, 5.41) is 3.88. The van der Waals surface area contributed by atoms with Gasteiger partial charge in [-0.25, -0.2) is 0 Å². The van der Waals surface area contributed by atoms with Crippen LogP contribution in [0, 0.1) is 17.8 Å². The molecule has 1 aromatic rings. The Hall–Kier alpha value is -0.820. The van der Waals surface area contributed by atoms with Crippen LogP contribution in [-0.4, -0.2) is 12.6 Å². The van der Waals surface area contributed by atoms with Crippen LogP contribution in [-0.2, 0) is 6.42 Å². The van der Waals surface area contributed by atoms with Gasteiger partial charge in [-0.1, -0.05) is 45.0 Å². The number of rotatable bonds is 4. The standard InChI is InChI=1S/C20H31N/c1-4-21-20(17-12-14(2)11-15(3)13-17)19-10-9-16-7-5-6-8-18(16)19/h5-8,14-15,17,19-21H,4,9-13H2,1-3H3. The summed E-state index contributed by atoms with van der Waals surface area (Å²) in [5.74, 6) is 3.40. The molecule has 0 amide bonds. The second-order valence-corrected chi connectivity index (χ2v) is 7.60. The normalized spacial score (nSPS) is 33.7. The van der Waals surface area contributed by atoms with Crippen LogP contribution in [0.4, 0.5) is 0 Å². The molecule has 0 aliphatic heterocycles. The second-order valence-electron chi connectivity index (χ2n) is 7.60. The Bertz CT molecular complexity index is 457. The van der Waals surface area contributed by atoms with Gasteiger partial charge in [0, 0.05) is 12.0 Å². The average Bonchev–Trinajstić information content (AvgIpc) is 2.87. The Kier molecular flexibility index (Phi) is 4.69. The zero-order chi connectivity index (χ0) is 14.8. The Labute approximate surface area is 130 Å². The van der Waals surface area contributed by atoms with Gasteiger partial charge in [0.25, 0.3) is 0 Å². The van der Waals surface area contributed by atoms with E-state index in [1.165, 1.54) is 32.1 Å². The maximum atomic E-state index is 3.88. The zero-order valence-electron chi connectivity index (χ0n) is 13.9. The Morgan fingerprint density at radius 2 is 1.81 bits per heavy atom. The second kappa shape index (κ2) is 6.52. The van der Waals surface area contributed by atoms with Gasteiger partial charge >= 0.3 is 0 Å². The topological polar surface area (TPSA) is 12.0 Å². The van der Waals surface area contributed by atoms with Crippen molar-refractivity contribution >= 4 is 0 Å². The van der Waals surface area contributed by atoms with E-state index in [1.807, 2.05) is 0 Å². The third-order valence-electron chi connectivity index (χ3n) is 5.78. The Balaban J connectivity index is 1.82. The minimum Gasteiger partial charge on any atom is -0.313 e. The molecule has 2 aliphatic carbocycles. The lowest BCUT2D eigenvalue weighted by Crippen LogP contribution is -2.43. The van der Waals surface area contributed by atoms with Crippen molar-refractivity contribution in [3.63, 3.8) is 0 Å². The van der Waals surface area contributed by atoms with Crippen molar-refractivity contribution in [3.05, 3.63) is 35.4 Å². The van der Waals surface area contributed by atoms with Crippen LogP contribution in [0.25, 0.3) is 0 Å². The summed E-state index contributed by atoms with van der Waals surface area (Å²) in [5.41, 5.74) is 3.23. The highest BCUT2D eigenvalue weighted by Crippen LogP contribution is 2.43. The molecule has 0 bridgehead atoms. The van der Waals surface area contributed by atoms with Crippen molar-refractivity contribution in [1.29, 1.82) is 0 Å². The fourth-order valence-electron chi connectivity index (χ4n) is 5.14. The predicted octanol–water partition coefficient (Wildman–Crippen LogP) is 4.77. The van der Waals surface area contributed by atoms with Gasteiger partial charge in [0.2, 0.25) is 0 Å². The van der Waals surface area contributed by atoms with Gasteiger partial charge in [0.05, 0.1) is 0 Å². The lowest BCUT2D eigenvalue weighted by Gasteiger charge is -2.40. The van der Waals surface area contributed by atoms with Crippen LogP contribution in [0.5, 0.6) is 0 Å². The molecule has 0 saturated heterocycles. The number of hydrogen-bond acceptors (Lipinski definition) is 1. The summed E-state index contributed by atoms with van der Waals surface area (Å²) >= 11 is 0. The lowest BCUT2D eigenvalue weighted by atomic mass is 9.70. The van der Waals surface area contributed by atoms with E-state index in [0.717, 1.165) is 30.2 Å². The monoisotopic (exact) mass is 285 g/mol. The summed E-state index contributed by atoms with van der Waals surface area (Å²) in [4.78, 5) is 0. The summed E-state index contributed by atoms with van der Waals surface area (Å²) < 4.78 is 0. The van der Waals surface area contributed by atoms with E-state index >= 15 is 0 Å². The minimum absolute atomic E-state index is 0.684. The van der Waals surface area contributed by atoms with Gasteiger partial charge in [-0.3, -0.25) is 0 Å². The van der Waals surface area contributed by atoms with E-state index in [2.05, 4.69) is 50.4 Å². The molecule has 1 heteroatoms. The molecule has 2 aliphatic rings. The first-order chi connectivity index (χ1) is 10.2. The first-order valence-electron chi connectivity index (χ1n) is 9.00.